The molecule has 0 amide bonds. The van der Waals surface area contributed by atoms with E-state index in [9.17, 15) is 25.2 Å². The molecule has 320 valence electrons. The summed E-state index contributed by atoms with van der Waals surface area (Å²) < 4.78 is 22.8. The van der Waals surface area contributed by atoms with Crippen LogP contribution in [-0.4, -0.2) is 89.6 Å². The third-order valence-corrected chi connectivity index (χ3v) is 9.97. The van der Waals surface area contributed by atoms with Gasteiger partial charge in [-0.3, -0.25) is 4.79 Å². The number of allylic oxidation sites excluding steroid dienone is 8. The molecule has 0 spiro atoms. The van der Waals surface area contributed by atoms with Crippen LogP contribution in [0.5, 0.6) is 0 Å². The van der Waals surface area contributed by atoms with E-state index < -0.39 is 43.4 Å². The summed E-state index contributed by atoms with van der Waals surface area (Å²) in [6.07, 6.45) is 38.5. The predicted molar refractivity (Wildman–Crippen MR) is 224 cm³/mol. The standard InChI is InChI=1S/C46H82O9/c1-3-5-7-9-11-13-15-17-18-19-20-21-22-23-24-26-28-30-32-34-36-52-38-40(39-53-46-45(51)44(50)43(49)41(37-47)55-46)54-42(48)35-33-31-29-27-25-16-14-12-10-8-6-4-2/h11-14,17-18,20-21,40-41,43-47,49-51H,3-10,15-16,19,22-39H2,1-2H3/b13-11-,14-12-,18-17-,21-20-. The Morgan fingerprint density at radius 2 is 1.05 bits per heavy atom. The van der Waals surface area contributed by atoms with E-state index in [1.807, 2.05) is 0 Å². The highest BCUT2D eigenvalue weighted by Gasteiger charge is 2.44. The van der Waals surface area contributed by atoms with Crippen molar-refractivity contribution in [1.82, 2.24) is 0 Å². The van der Waals surface area contributed by atoms with E-state index in [1.165, 1.54) is 77.0 Å². The number of carbonyl (C=O) groups excluding carboxylic acids is 1. The fourth-order valence-corrected chi connectivity index (χ4v) is 6.43. The number of hydrogen-bond acceptors (Lipinski definition) is 9. The summed E-state index contributed by atoms with van der Waals surface area (Å²) in [5, 5.41) is 40.1. The molecule has 1 rings (SSSR count). The Bertz CT molecular complexity index is 978. The van der Waals surface area contributed by atoms with Crippen molar-refractivity contribution in [3.63, 3.8) is 0 Å². The van der Waals surface area contributed by atoms with Gasteiger partial charge in [-0.15, -0.1) is 0 Å². The van der Waals surface area contributed by atoms with Crippen molar-refractivity contribution in [3.05, 3.63) is 48.6 Å². The fourth-order valence-electron chi connectivity index (χ4n) is 6.43. The monoisotopic (exact) mass is 779 g/mol. The third-order valence-electron chi connectivity index (χ3n) is 9.97. The molecule has 1 aliphatic heterocycles. The minimum Gasteiger partial charge on any atom is -0.457 e. The second-order valence-electron chi connectivity index (χ2n) is 15.1. The summed E-state index contributed by atoms with van der Waals surface area (Å²) in [6, 6.07) is 0. The second kappa shape index (κ2) is 37.7. The Morgan fingerprint density at radius 1 is 0.582 bits per heavy atom. The number of rotatable bonds is 37. The number of aliphatic hydroxyl groups is 4. The molecule has 1 fully saturated rings. The number of ether oxygens (including phenoxy) is 4. The molecule has 1 saturated heterocycles. The maximum Gasteiger partial charge on any atom is 0.306 e. The Kier molecular flexibility index (Phi) is 35.1. The number of hydrogen-bond donors (Lipinski definition) is 4. The molecule has 6 unspecified atom stereocenters. The quantitative estimate of drug-likeness (QED) is 0.0276. The van der Waals surface area contributed by atoms with Gasteiger partial charge in [0.15, 0.2) is 6.29 Å². The molecule has 0 radical (unpaired) electrons. The molecular formula is C46H82O9. The first kappa shape index (κ1) is 51.2. The van der Waals surface area contributed by atoms with E-state index in [2.05, 4.69) is 62.5 Å². The Hall–Kier alpha value is -1.85. The SMILES string of the molecule is CCCCC/C=C\C/C=C\C/C=C\CCCCCCCCCOCC(COC1OC(CO)C(O)C(O)C1O)OC(=O)CCCCCCC/C=C\CCCCC. The van der Waals surface area contributed by atoms with Crippen molar-refractivity contribution < 1.29 is 44.2 Å². The fraction of sp³-hybridized carbons (Fsp3) is 0.804. The highest BCUT2D eigenvalue weighted by Crippen LogP contribution is 2.22. The first-order chi connectivity index (χ1) is 26.9. The van der Waals surface area contributed by atoms with E-state index >= 15 is 0 Å². The van der Waals surface area contributed by atoms with Crippen LogP contribution in [0.2, 0.25) is 0 Å². The molecular weight excluding hydrogens is 696 g/mol. The summed E-state index contributed by atoms with van der Waals surface area (Å²) in [5.74, 6) is -0.329. The van der Waals surface area contributed by atoms with Gasteiger partial charge in [0, 0.05) is 13.0 Å². The molecule has 0 aromatic carbocycles. The zero-order valence-corrected chi connectivity index (χ0v) is 34.9. The first-order valence-electron chi connectivity index (χ1n) is 22.2. The van der Waals surface area contributed by atoms with E-state index in [0.29, 0.717) is 13.0 Å². The first-order valence-corrected chi connectivity index (χ1v) is 22.2. The van der Waals surface area contributed by atoms with Gasteiger partial charge in [0.25, 0.3) is 0 Å². The molecule has 6 atom stereocenters. The highest BCUT2D eigenvalue weighted by molar-refractivity contribution is 5.69. The van der Waals surface area contributed by atoms with Crippen LogP contribution in [0, 0.1) is 0 Å². The van der Waals surface area contributed by atoms with Gasteiger partial charge in [-0.05, 0) is 77.0 Å². The van der Waals surface area contributed by atoms with Crippen LogP contribution in [0.25, 0.3) is 0 Å². The highest BCUT2D eigenvalue weighted by atomic mass is 16.7. The molecule has 9 heteroatoms. The molecule has 1 heterocycles. The topological polar surface area (TPSA) is 135 Å². The normalized spacial score (nSPS) is 21.2. The maximum absolute atomic E-state index is 12.7. The van der Waals surface area contributed by atoms with Gasteiger partial charge in [0.2, 0.25) is 0 Å². The lowest BCUT2D eigenvalue weighted by Crippen LogP contribution is -2.59. The number of carbonyl (C=O) groups is 1. The van der Waals surface area contributed by atoms with Crippen LogP contribution >= 0.6 is 0 Å². The average Bonchev–Trinajstić information content (AvgIpc) is 3.18. The van der Waals surface area contributed by atoms with Crippen molar-refractivity contribution in [1.29, 1.82) is 0 Å². The molecule has 0 bridgehead atoms. The molecule has 0 saturated carbocycles. The van der Waals surface area contributed by atoms with Gasteiger partial charge in [0.05, 0.1) is 19.8 Å². The smallest absolute Gasteiger partial charge is 0.306 e. The van der Waals surface area contributed by atoms with Crippen LogP contribution in [0.3, 0.4) is 0 Å². The van der Waals surface area contributed by atoms with Gasteiger partial charge in [-0.1, -0.05) is 140 Å². The summed E-state index contributed by atoms with van der Waals surface area (Å²) in [7, 11) is 0. The molecule has 4 N–H and O–H groups in total. The van der Waals surface area contributed by atoms with Gasteiger partial charge in [0.1, 0.15) is 30.5 Å². The molecule has 0 aliphatic carbocycles. The number of aliphatic hydroxyl groups excluding tert-OH is 4. The Balaban J connectivity index is 2.26. The van der Waals surface area contributed by atoms with Gasteiger partial charge in [-0.25, -0.2) is 0 Å². The van der Waals surface area contributed by atoms with Gasteiger partial charge >= 0.3 is 5.97 Å². The number of esters is 1. The average molecular weight is 779 g/mol. The van der Waals surface area contributed by atoms with E-state index in [1.54, 1.807) is 0 Å². The molecule has 0 aromatic rings. The summed E-state index contributed by atoms with van der Waals surface area (Å²) in [6.45, 7) is 4.47. The van der Waals surface area contributed by atoms with Crippen molar-refractivity contribution >= 4 is 5.97 Å². The lowest BCUT2D eigenvalue weighted by Gasteiger charge is -2.39. The zero-order chi connectivity index (χ0) is 40.0. The van der Waals surface area contributed by atoms with Crippen molar-refractivity contribution in [2.75, 3.05) is 26.4 Å². The van der Waals surface area contributed by atoms with Crippen molar-refractivity contribution in [2.45, 2.75) is 211 Å². The third kappa shape index (κ3) is 29.1. The second-order valence-corrected chi connectivity index (χ2v) is 15.1. The zero-order valence-electron chi connectivity index (χ0n) is 34.9. The summed E-state index contributed by atoms with van der Waals surface area (Å²) in [5.41, 5.74) is 0. The molecule has 55 heavy (non-hydrogen) atoms. The van der Waals surface area contributed by atoms with Crippen LogP contribution in [0.1, 0.15) is 174 Å². The largest absolute Gasteiger partial charge is 0.457 e. The van der Waals surface area contributed by atoms with E-state index in [4.69, 9.17) is 18.9 Å². The van der Waals surface area contributed by atoms with Crippen molar-refractivity contribution in [2.24, 2.45) is 0 Å². The summed E-state index contributed by atoms with van der Waals surface area (Å²) in [4.78, 5) is 12.7. The molecule has 9 nitrogen and oxygen atoms in total. The maximum atomic E-state index is 12.7. The van der Waals surface area contributed by atoms with Gasteiger partial charge in [-0.2, -0.15) is 0 Å². The summed E-state index contributed by atoms with van der Waals surface area (Å²) >= 11 is 0. The van der Waals surface area contributed by atoms with Crippen LogP contribution < -0.4 is 0 Å². The van der Waals surface area contributed by atoms with Crippen LogP contribution in [0.4, 0.5) is 0 Å². The van der Waals surface area contributed by atoms with Crippen molar-refractivity contribution in [3.8, 4) is 0 Å². The molecule has 0 aromatic heterocycles. The van der Waals surface area contributed by atoms with E-state index in [-0.39, 0.29) is 19.2 Å². The predicted octanol–water partition coefficient (Wildman–Crippen LogP) is 9.75. The number of unbranched alkanes of at least 4 members (excludes halogenated alkanes) is 18. The minimum absolute atomic E-state index is 0.122. The van der Waals surface area contributed by atoms with Crippen LogP contribution in [0.15, 0.2) is 48.6 Å². The Morgan fingerprint density at radius 3 is 1.60 bits per heavy atom. The minimum atomic E-state index is -1.54. The lowest BCUT2D eigenvalue weighted by molar-refractivity contribution is -0.305. The Labute approximate surface area is 335 Å². The lowest BCUT2D eigenvalue weighted by atomic mass is 9.99. The van der Waals surface area contributed by atoms with Gasteiger partial charge < -0.3 is 39.4 Å². The molecule has 1 aliphatic rings. The van der Waals surface area contributed by atoms with E-state index in [0.717, 1.165) is 77.0 Å². The van der Waals surface area contributed by atoms with Crippen LogP contribution in [-0.2, 0) is 23.7 Å².